The van der Waals surface area contributed by atoms with Crippen molar-refractivity contribution < 1.29 is 4.39 Å². The molecule has 0 aliphatic heterocycles. The summed E-state index contributed by atoms with van der Waals surface area (Å²) >= 11 is 0. The standard InChI is InChI=1S/C23H25FN4.HI/c1-25-22(28-16-23(11-12-23)19-8-3-9-20(24)15-19)27-14-10-18-6-2-5-17-7-4-13-26-21(17)18;/h2-9,13,15H,10-12,14,16H2,1H3,(H2,25,27,28);1H. The first-order chi connectivity index (χ1) is 13.7. The average molecular weight is 504 g/mol. The molecule has 3 aromatic rings. The van der Waals surface area contributed by atoms with E-state index in [-0.39, 0.29) is 35.2 Å². The van der Waals surface area contributed by atoms with Gasteiger partial charge < -0.3 is 10.6 Å². The molecule has 0 amide bonds. The average Bonchev–Trinajstić information content (AvgIpc) is 3.52. The van der Waals surface area contributed by atoms with Gasteiger partial charge in [0.1, 0.15) is 5.82 Å². The summed E-state index contributed by atoms with van der Waals surface area (Å²) < 4.78 is 13.6. The van der Waals surface area contributed by atoms with Crippen molar-refractivity contribution >= 4 is 40.8 Å². The minimum atomic E-state index is -0.171. The number of hydrogen-bond acceptors (Lipinski definition) is 2. The molecule has 0 saturated heterocycles. The molecule has 0 atom stereocenters. The number of aromatic nitrogens is 1. The molecule has 2 N–H and O–H groups in total. The molecule has 6 heteroatoms. The summed E-state index contributed by atoms with van der Waals surface area (Å²) in [6, 6.07) is 17.3. The molecule has 0 bridgehead atoms. The molecule has 4 rings (SSSR count). The fraction of sp³-hybridized carbons (Fsp3) is 0.304. The lowest BCUT2D eigenvalue weighted by molar-refractivity contribution is 0.607. The van der Waals surface area contributed by atoms with Gasteiger partial charge in [0.2, 0.25) is 0 Å². The number of rotatable bonds is 6. The summed E-state index contributed by atoms with van der Waals surface area (Å²) in [5.41, 5.74) is 3.37. The molecule has 1 saturated carbocycles. The predicted molar refractivity (Wildman–Crippen MR) is 128 cm³/mol. The first-order valence-electron chi connectivity index (χ1n) is 9.73. The molecule has 152 valence electrons. The highest BCUT2D eigenvalue weighted by atomic mass is 127. The van der Waals surface area contributed by atoms with E-state index in [0.717, 1.165) is 54.8 Å². The fourth-order valence-corrected chi connectivity index (χ4v) is 3.69. The number of fused-ring (bicyclic) bond motifs is 1. The second-order valence-electron chi connectivity index (χ2n) is 7.39. The molecule has 2 aromatic carbocycles. The van der Waals surface area contributed by atoms with Gasteiger partial charge in [-0.1, -0.05) is 36.4 Å². The SMILES string of the molecule is CN=C(NCCc1cccc2cccnc12)NCC1(c2cccc(F)c2)CC1.I. The molecule has 1 heterocycles. The monoisotopic (exact) mass is 504 g/mol. The maximum Gasteiger partial charge on any atom is 0.191 e. The minimum absolute atomic E-state index is 0. The summed E-state index contributed by atoms with van der Waals surface area (Å²) in [7, 11) is 1.77. The fourth-order valence-electron chi connectivity index (χ4n) is 3.69. The maximum atomic E-state index is 13.6. The summed E-state index contributed by atoms with van der Waals surface area (Å²) in [5.74, 6) is 0.603. The molecule has 0 unspecified atom stereocenters. The zero-order valence-corrected chi connectivity index (χ0v) is 18.8. The Morgan fingerprint density at radius 1 is 1.10 bits per heavy atom. The maximum absolute atomic E-state index is 13.6. The van der Waals surface area contributed by atoms with E-state index in [2.05, 4.69) is 44.9 Å². The molecule has 1 aromatic heterocycles. The van der Waals surface area contributed by atoms with Crippen molar-refractivity contribution in [3.63, 3.8) is 0 Å². The van der Waals surface area contributed by atoms with Gasteiger partial charge in [0.25, 0.3) is 0 Å². The molecule has 1 aliphatic rings. The Balaban J connectivity index is 0.00000240. The van der Waals surface area contributed by atoms with Gasteiger partial charge in [0.05, 0.1) is 5.52 Å². The van der Waals surface area contributed by atoms with Gasteiger partial charge in [-0.3, -0.25) is 9.98 Å². The normalized spacial score (nSPS) is 14.9. The Labute approximate surface area is 188 Å². The van der Waals surface area contributed by atoms with E-state index < -0.39 is 0 Å². The third kappa shape index (κ3) is 5.04. The Morgan fingerprint density at radius 3 is 2.66 bits per heavy atom. The van der Waals surface area contributed by atoms with E-state index in [1.165, 1.54) is 11.6 Å². The Kier molecular flexibility index (Phi) is 7.05. The topological polar surface area (TPSA) is 49.3 Å². The highest BCUT2D eigenvalue weighted by molar-refractivity contribution is 14.0. The van der Waals surface area contributed by atoms with Crippen LogP contribution in [0.3, 0.4) is 0 Å². The van der Waals surface area contributed by atoms with E-state index in [1.54, 1.807) is 19.2 Å². The zero-order valence-electron chi connectivity index (χ0n) is 16.5. The number of aliphatic imine (C=N–C) groups is 1. The third-order valence-electron chi connectivity index (χ3n) is 5.51. The van der Waals surface area contributed by atoms with Crippen LogP contribution in [-0.2, 0) is 11.8 Å². The van der Waals surface area contributed by atoms with Crippen LogP contribution in [0, 0.1) is 5.82 Å². The van der Waals surface area contributed by atoms with Crippen LogP contribution in [-0.4, -0.2) is 31.1 Å². The lowest BCUT2D eigenvalue weighted by Crippen LogP contribution is -2.42. The lowest BCUT2D eigenvalue weighted by atomic mass is 9.96. The van der Waals surface area contributed by atoms with Crippen molar-refractivity contribution in [2.24, 2.45) is 4.99 Å². The van der Waals surface area contributed by atoms with Gasteiger partial charge in [-0.25, -0.2) is 4.39 Å². The number of pyridine rings is 1. The highest BCUT2D eigenvalue weighted by Gasteiger charge is 2.44. The Morgan fingerprint density at radius 2 is 1.90 bits per heavy atom. The van der Waals surface area contributed by atoms with Gasteiger partial charge in [-0.15, -0.1) is 24.0 Å². The molecule has 4 nitrogen and oxygen atoms in total. The zero-order chi connectivity index (χ0) is 19.4. The van der Waals surface area contributed by atoms with Gasteiger partial charge in [0.15, 0.2) is 5.96 Å². The number of nitrogens with one attached hydrogen (secondary N) is 2. The first-order valence-corrected chi connectivity index (χ1v) is 9.73. The molecule has 0 radical (unpaired) electrons. The van der Waals surface area contributed by atoms with Gasteiger partial charge in [0, 0.05) is 37.1 Å². The minimum Gasteiger partial charge on any atom is -0.356 e. The quantitative estimate of drug-likeness (QED) is 0.297. The smallest absolute Gasteiger partial charge is 0.191 e. The van der Waals surface area contributed by atoms with E-state index in [9.17, 15) is 4.39 Å². The van der Waals surface area contributed by atoms with Crippen LogP contribution >= 0.6 is 24.0 Å². The molecule has 0 spiro atoms. The number of halogens is 2. The van der Waals surface area contributed by atoms with Crippen molar-refractivity contribution in [1.29, 1.82) is 0 Å². The van der Waals surface area contributed by atoms with Gasteiger partial charge in [-0.2, -0.15) is 0 Å². The number of hydrogen-bond donors (Lipinski definition) is 2. The molecule has 1 aliphatic carbocycles. The Bertz CT molecular complexity index is 996. The highest BCUT2D eigenvalue weighted by Crippen LogP contribution is 2.47. The van der Waals surface area contributed by atoms with E-state index in [1.807, 2.05) is 18.3 Å². The van der Waals surface area contributed by atoms with Crippen LogP contribution in [0.5, 0.6) is 0 Å². The molecule has 1 fully saturated rings. The predicted octanol–water partition coefficient (Wildman–Crippen LogP) is 4.43. The number of nitrogens with zero attached hydrogens (tertiary/aromatic N) is 2. The lowest BCUT2D eigenvalue weighted by Gasteiger charge is -2.19. The van der Waals surface area contributed by atoms with Gasteiger partial charge in [-0.05, 0) is 48.6 Å². The third-order valence-corrected chi connectivity index (χ3v) is 5.51. The van der Waals surface area contributed by atoms with Crippen molar-refractivity contribution in [3.05, 3.63) is 77.7 Å². The second kappa shape index (κ2) is 9.52. The van der Waals surface area contributed by atoms with E-state index in [0.29, 0.717) is 0 Å². The molecular weight excluding hydrogens is 478 g/mol. The van der Waals surface area contributed by atoms with E-state index in [4.69, 9.17) is 0 Å². The number of para-hydroxylation sites is 1. The van der Waals surface area contributed by atoms with Crippen LogP contribution in [0.1, 0.15) is 24.0 Å². The van der Waals surface area contributed by atoms with Crippen LogP contribution in [0.15, 0.2) is 65.8 Å². The summed E-state index contributed by atoms with van der Waals surface area (Å²) in [6.45, 7) is 1.52. The van der Waals surface area contributed by atoms with Crippen molar-refractivity contribution in [2.75, 3.05) is 20.1 Å². The van der Waals surface area contributed by atoms with Crippen LogP contribution in [0.2, 0.25) is 0 Å². The van der Waals surface area contributed by atoms with Crippen LogP contribution in [0.4, 0.5) is 4.39 Å². The van der Waals surface area contributed by atoms with Crippen molar-refractivity contribution in [1.82, 2.24) is 15.6 Å². The largest absolute Gasteiger partial charge is 0.356 e. The van der Waals surface area contributed by atoms with Crippen molar-refractivity contribution in [3.8, 4) is 0 Å². The first kappa shape index (κ1) is 21.5. The molecule has 29 heavy (non-hydrogen) atoms. The number of benzene rings is 2. The van der Waals surface area contributed by atoms with Gasteiger partial charge >= 0.3 is 0 Å². The Hall–Kier alpha value is -2.22. The van der Waals surface area contributed by atoms with E-state index >= 15 is 0 Å². The second-order valence-corrected chi connectivity index (χ2v) is 7.39. The number of guanidine groups is 1. The van der Waals surface area contributed by atoms with Crippen LogP contribution < -0.4 is 10.6 Å². The van der Waals surface area contributed by atoms with Crippen molar-refractivity contribution in [2.45, 2.75) is 24.7 Å². The van der Waals surface area contributed by atoms with Crippen LogP contribution in [0.25, 0.3) is 10.9 Å². The summed E-state index contributed by atoms with van der Waals surface area (Å²) in [4.78, 5) is 8.84. The summed E-state index contributed by atoms with van der Waals surface area (Å²) in [5, 5.41) is 7.96. The summed E-state index contributed by atoms with van der Waals surface area (Å²) in [6.07, 6.45) is 4.84. The molecular formula is C23H26FIN4.